The van der Waals surface area contributed by atoms with E-state index in [-0.39, 0.29) is 24.3 Å². The monoisotopic (exact) mass is 343 g/mol. The van der Waals surface area contributed by atoms with Crippen molar-refractivity contribution in [3.05, 3.63) is 0 Å². The lowest BCUT2D eigenvalue weighted by molar-refractivity contribution is -0.120. The van der Waals surface area contributed by atoms with Crippen LogP contribution in [-0.2, 0) is 4.79 Å². The van der Waals surface area contributed by atoms with Crippen molar-refractivity contribution in [1.82, 2.24) is 15.1 Å². The number of urea groups is 1. The van der Waals surface area contributed by atoms with Crippen LogP contribution < -0.4 is 5.32 Å². The van der Waals surface area contributed by atoms with Crippen LogP contribution in [0.4, 0.5) is 4.79 Å². The van der Waals surface area contributed by atoms with E-state index in [4.69, 9.17) is 0 Å². The van der Waals surface area contributed by atoms with Crippen LogP contribution in [0.2, 0.25) is 0 Å². The third-order valence-electron chi connectivity index (χ3n) is 3.81. The van der Waals surface area contributed by atoms with Gasteiger partial charge in [0.05, 0.1) is 6.54 Å². The summed E-state index contributed by atoms with van der Waals surface area (Å²) in [7, 11) is 2.04. The number of carbonyl (C=O) groups excluding carboxylic acids is 2. The van der Waals surface area contributed by atoms with Gasteiger partial charge in [-0.25, -0.2) is 4.79 Å². The van der Waals surface area contributed by atoms with E-state index in [1.165, 1.54) is 25.7 Å². The molecule has 0 aromatic heterocycles. The lowest BCUT2D eigenvalue weighted by atomic mass is 10.1. The van der Waals surface area contributed by atoms with Gasteiger partial charge in [-0.1, -0.05) is 67.2 Å². The van der Waals surface area contributed by atoms with Gasteiger partial charge in [0.1, 0.15) is 0 Å². The Kier molecular flexibility index (Phi) is 17.5. The summed E-state index contributed by atoms with van der Waals surface area (Å²) in [4.78, 5) is 27.0. The molecule has 1 fully saturated rings. The van der Waals surface area contributed by atoms with Crippen LogP contribution in [0.25, 0.3) is 0 Å². The third-order valence-corrected chi connectivity index (χ3v) is 3.81. The largest absolute Gasteiger partial charge is 0.331 e. The molecule has 144 valence electrons. The second kappa shape index (κ2) is 16.7. The Hall–Kier alpha value is -1.10. The van der Waals surface area contributed by atoms with Crippen molar-refractivity contribution in [1.29, 1.82) is 0 Å². The molecule has 0 aromatic rings. The quantitative estimate of drug-likeness (QED) is 0.747. The molecule has 1 N–H and O–H groups in total. The molecule has 0 bridgehead atoms. The zero-order chi connectivity index (χ0) is 19.0. The number of nitrogens with one attached hydrogen (secondary N) is 1. The maximum atomic E-state index is 11.7. The van der Waals surface area contributed by atoms with Crippen LogP contribution in [0.1, 0.15) is 67.2 Å². The number of Topliss-reactive ketones (excluding diaryl/α,β-unsaturated/α-hetero) is 1. The van der Waals surface area contributed by atoms with E-state index < -0.39 is 0 Å². The molecule has 0 spiro atoms. The summed E-state index contributed by atoms with van der Waals surface area (Å²) in [5, 5.41) is 2.67. The number of carbonyl (C=O) groups is 2. The zero-order valence-electron chi connectivity index (χ0n) is 17.2. The van der Waals surface area contributed by atoms with Crippen molar-refractivity contribution in [2.45, 2.75) is 67.2 Å². The second-order valence-electron chi connectivity index (χ2n) is 6.28. The van der Waals surface area contributed by atoms with E-state index in [1.54, 1.807) is 4.90 Å². The van der Waals surface area contributed by atoms with Crippen LogP contribution in [0, 0.1) is 5.92 Å². The highest BCUT2D eigenvalue weighted by Crippen LogP contribution is 1.99. The van der Waals surface area contributed by atoms with Crippen molar-refractivity contribution >= 4 is 11.8 Å². The first-order valence-electron chi connectivity index (χ1n) is 9.66. The van der Waals surface area contributed by atoms with Crippen LogP contribution in [-0.4, -0.2) is 61.4 Å². The fourth-order valence-corrected chi connectivity index (χ4v) is 1.99. The summed E-state index contributed by atoms with van der Waals surface area (Å²) in [5.41, 5.74) is 0. The summed E-state index contributed by atoms with van der Waals surface area (Å²) in [6.45, 7) is 15.5. The molecule has 0 unspecified atom stereocenters. The van der Waals surface area contributed by atoms with Crippen molar-refractivity contribution in [2.24, 2.45) is 5.92 Å². The minimum absolute atomic E-state index is 0.0206. The summed E-state index contributed by atoms with van der Waals surface area (Å²) >= 11 is 0. The molecule has 24 heavy (non-hydrogen) atoms. The van der Waals surface area contributed by atoms with Crippen molar-refractivity contribution in [3.8, 4) is 0 Å². The maximum Gasteiger partial charge on any atom is 0.317 e. The van der Waals surface area contributed by atoms with Gasteiger partial charge >= 0.3 is 6.03 Å². The van der Waals surface area contributed by atoms with Gasteiger partial charge in [0, 0.05) is 32.1 Å². The van der Waals surface area contributed by atoms with Crippen molar-refractivity contribution in [2.75, 3.05) is 39.8 Å². The molecule has 5 nitrogen and oxygen atoms in total. The number of amides is 2. The van der Waals surface area contributed by atoms with Crippen molar-refractivity contribution < 1.29 is 9.59 Å². The molecule has 0 aliphatic carbocycles. The normalized spacial score (nSPS) is 14.2. The van der Waals surface area contributed by atoms with Crippen LogP contribution in [0.15, 0.2) is 0 Å². The van der Waals surface area contributed by atoms with Crippen LogP contribution >= 0.6 is 0 Å². The van der Waals surface area contributed by atoms with E-state index in [0.29, 0.717) is 0 Å². The molecule has 1 aliphatic heterocycles. The fraction of sp³-hybridized carbons (Fsp3) is 0.895. The van der Waals surface area contributed by atoms with Crippen LogP contribution in [0.5, 0.6) is 0 Å². The summed E-state index contributed by atoms with van der Waals surface area (Å²) in [5.74, 6) is 0.0512. The molecule has 1 aliphatic rings. The molecule has 0 atom stereocenters. The van der Waals surface area contributed by atoms with E-state index in [0.717, 1.165) is 26.2 Å². The minimum atomic E-state index is -0.123. The van der Waals surface area contributed by atoms with E-state index >= 15 is 0 Å². The summed E-state index contributed by atoms with van der Waals surface area (Å²) in [6.07, 6.45) is 5.54. The SMILES string of the molecule is CC.CC(C)C(=O)CNC(=O)N1CCN(C)CC1.CCCCCC. The topological polar surface area (TPSA) is 52.7 Å². The maximum absolute atomic E-state index is 11.7. The average molecular weight is 344 g/mol. The first-order valence-corrected chi connectivity index (χ1v) is 9.66. The van der Waals surface area contributed by atoms with Gasteiger partial charge in [-0.2, -0.15) is 0 Å². The van der Waals surface area contributed by atoms with Gasteiger partial charge in [0.2, 0.25) is 0 Å². The summed E-state index contributed by atoms with van der Waals surface area (Å²) in [6, 6.07) is -0.123. The number of nitrogens with zero attached hydrogens (tertiary/aromatic N) is 2. The molecule has 1 saturated heterocycles. The Bertz CT molecular complexity index is 308. The molecule has 1 rings (SSSR count). The Morgan fingerprint density at radius 2 is 1.42 bits per heavy atom. The zero-order valence-corrected chi connectivity index (χ0v) is 17.2. The van der Waals surface area contributed by atoms with E-state index in [1.807, 2.05) is 34.7 Å². The Balaban J connectivity index is 0. The van der Waals surface area contributed by atoms with Gasteiger partial charge < -0.3 is 15.1 Å². The first-order chi connectivity index (χ1) is 11.4. The van der Waals surface area contributed by atoms with Gasteiger partial charge in [-0.05, 0) is 7.05 Å². The highest BCUT2D eigenvalue weighted by molar-refractivity contribution is 5.86. The lowest BCUT2D eigenvalue weighted by Crippen LogP contribution is -2.51. The molecule has 2 amide bonds. The smallest absolute Gasteiger partial charge is 0.317 e. The number of hydrogen-bond donors (Lipinski definition) is 1. The second-order valence-corrected chi connectivity index (χ2v) is 6.28. The molecule has 5 heteroatoms. The van der Waals surface area contributed by atoms with Gasteiger partial charge in [0.15, 0.2) is 5.78 Å². The van der Waals surface area contributed by atoms with E-state index in [9.17, 15) is 9.59 Å². The molecule has 1 heterocycles. The average Bonchev–Trinajstić information content (AvgIpc) is 2.60. The number of hydrogen-bond acceptors (Lipinski definition) is 3. The standard InChI is InChI=1S/C11H21N3O2.C6H14.C2H6/c1-9(2)10(15)8-12-11(16)14-6-4-13(3)5-7-14;1-3-5-6-4-2;1-2/h9H,4-8H2,1-3H3,(H,12,16);3-6H2,1-2H3;1-2H3. The number of unbranched alkanes of at least 4 members (excludes halogenated alkanes) is 3. The van der Waals surface area contributed by atoms with E-state index in [2.05, 4.69) is 24.1 Å². The Morgan fingerprint density at radius 1 is 0.958 bits per heavy atom. The number of likely N-dealkylation sites (N-methyl/N-ethyl adjacent to an activating group) is 1. The predicted molar refractivity (Wildman–Crippen MR) is 103 cm³/mol. The van der Waals surface area contributed by atoms with Gasteiger partial charge in [-0.3, -0.25) is 4.79 Å². The number of piperazine rings is 1. The number of rotatable bonds is 6. The van der Waals surface area contributed by atoms with Crippen LogP contribution in [0.3, 0.4) is 0 Å². The third kappa shape index (κ3) is 13.3. The highest BCUT2D eigenvalue weighted by Gasteiger charge is 2.19. The Morgan fingerprint density at radius 3 is 1.79 bits per heavy atom. The fourth-order valence-electron chi connectivity index (χ4n) is 1.99. The predicted octanol–water partition coefficient (Wildman–Crippen LogP) is 3.78. The first kappa shape index (κ1) is 25.1. The molecular formula is C19H41N3O2. The minimum Gasteiger partial charge on any atom is -0.331 e. The van der Waals surface area contributed by atoms with Gasteiger partial charge in [0.25, 0.3) is 0 Å². The summed E-state index contributed by atoms with van der Waals surface area (Å²) < 4.78 is 0. The van der Waals surface area contributed by atoms with Gasteiger partial charge in [-0.15, -0.1) is 0 Å². The molecule has 0 saturated carbocycles. The highest BCUT2D eigenvalue weighted by atomic mass is 16.2. The molecule has 0 aromatic carbocycles. The lowest BCUT2D eigenvalue weighted by Gasteiger charge is -2.32. The molecular weight excluding hydrogens is 302 g/mol. The molecule has 0 radical (unpaired) electrons. The Labute approximate surface area is 150 Å². The number of ketones is 1. The van der Waals surface area contributed by atoms with Crippen molar-refractivity contribution in [3.63, 3.8) is 0 Å².